The summed E-state index contributed by atoms with van der Waals surface area (Å²) in [5, 5.41) is 3.11. The number of benzene rings is 1. The largest absolute Gasteiger partial charge is 0.370 e. The van der Waals surface area contributed by atoms with E-state index in [-0.39, 0.29) is 0 Å². The van der Waals surface area contributed by atoms with Crippen LogP contribution >= 0.6 is 0 Å². The van der Waals surface area contributed by atoms with Crippen LogP contribution in [0.4, 0.5) is 5.69 Å². The summed E-state index contributed by atoms with van der Waals surface area (Å²) in [4.78, 5) is 6.80. The van der Waals surface area contributed by atoms with Crippen LogP contribution in [0.1, 0.15) is 12.8 Å². The molecule has 2 rings (SSSR count). The minimum atomic E-state index is 0.509. The van der Waals surface area contributed by atoms with Crippen molar-refractivity contribution in [1.29, 1.82) is 0 Å². The van der Waals surface area contributed by atoms with Crippen LogP contribution in [-0.4, -0.2) is 37.5 Å². The van der Waals surface area contributed by atoms with Crippen molar-refractivity contribution in [2.24, 2.45) is 16.6 Å². The lowest BCUT2D eigenvalue weighted by Crippen LogP contribution is -2.34. The summed E-state index contributed by atoms with van der Waals surface area (Å²) in [6.45, 7) is 3.15. The molecule has 1 aromatic carbocycles. The SMILES string of the molecule is CN1CCCC(CN=C(N)Nc2ccccc2)C1. The number of rotatable bonds is 3. The van der Waals surface area contributed by atoms with Crippen LogP contribution in [0.25, 0.3) is 0 Å². The van der Waals surface area contributed by atoms with E-state index in [0.29, 0.717) is 11.9 Å². The van der Waals surface area contributed by atoms with Gasteiger partial charge in [0.05, 0.1) is 0 Å². The van der Waals surface area contributed by atoms with Gasteiger partial charge in [0.15, 0.2) is 5.96 Å². The molecule has 3 N–H and O–H groups in total. The quantitative estimate of drug-likeness (QED) is 0.631. The maximum absolute atomic E-state index is 5.88. The summed E-state index contributed by atoms with van der Waals surface area (Å²) in [5.74, 6) is 1.15. The summed E-state index contributed by atoms with van der Waals surface area (Å²) in [5.41, 5.74) is 6.87. The van der Waals surface area contributed by atoms with E-state index < -0.39 is 0 Å². The van der Waals surface area contributed by atoms with Crippen molar-refractivity contribution in [3.8, 4) is 0 Å². The molecule has 1 saturated heterocycles. The highest BCUT2D eigenvalue weighted by atomic mass is 15.1. The van der Waals surface area contributed by atoms with Gasteiger partial charge in [-0.25, -0.2) is 0 Å². The highest BCUT2D eigenvalue weighted by Gasteiger charge is 2.16. The Kier molecular flexibility index (Phi) is 4.59. The smallest absolute Gasteiger partial charge is 0.193 e. The zero-order chi connectivity index (χ0) is 12.8. The molecule has 1 atom stereocenters. The standard InChI is InChI=1S/C14H22N4/c1-18-9-5-6-12(11-18)10-16-14(15)17-13-7-3-2-4-8-13/h2-4,7-8,12H,5-6,9-11H2,1H3,(H3,15,16,17). The van der Waals surface area contributed by atoms with Gasteiger partial charge in [-0.3, -0.25) is 4.99 Å². The van der Waals surface area contributed by atoms with Gasteiger partial charge in [-0.2, -0.15) is 0 Å². The topological polar surface area (TPSA) is 53.6 Å². The van der Waals surface area contributed by atoms with Crippen LogP contribution < -0.4 is 11.1 Å². The van der Waals surface area contributed by atoms with Crippen molar-refractivity contribution in [2.45, 2.75) is 12.8 Å². The fraction of sp³-hybridized carbons (Fsp3) is 0.500. The molecular weight excluding hydrogens is 224 g/mol. The van der Waals surface area contributed by atoms with Crippen LogP contribution in [0.3, 0.4) is 0 Å². The molecule has 4 nitrogen and oxygen atoms in total. The number of aliphatic imine (C=N–C) groups is 1. The second kappa shape index (κ2) is 6.40. The van der Waals surface area contributed by atoms with Gasteiger partial charge in [-0.15, -0.1) is 0 Å². The fourth-order valence-electron chi connectivity index (χ4n) is 2.36. The molecule has 18 heavy (non-hydrogen) atoms. The zero-order valence-electron chi connectivity index (χ0n) is 11.0. The molecule has 0 spiro atoms. The summed E-state index contributed by atoms with van der Waals surface area (Å²) in [6.07, 6.45) is 2.52. The van der Waals surface area contributed by atoms with Gasteiger partial charge in [-0.05, 0) is 44.5 Å². The molecule has 1 aromatic rings. The number of anilines is 1. The lowest BCUT2D eigenvalue weighted by molar-refractivity contribution is 0.214. The summed E-state index contributed by atoms with van der Waals surface area (Å²) < 4.78 is 0. The van der Waals surface area contributed by atoms with Crippen molar-refractivity contribution in [3.63, 3.8) is 0 Å². The summed E-state index contributed by atoms with van der Waals surface area (Å²) >= 11 is 0. The van der Waals surface area contributed by atoms with Gasteiger partial charge in [0.1, 0.15) is 0 Å². The number of nitrogens with two attached hydrogens (primary N) is 1. The molecule has 1 heterocycles. The number of nitrogens with one attached hydrogen (secondary N) is 1. The zero-order valence-corrected chi connectivity index (χ0v) is 11.0. The van der Waals surface area contributed by atoms with Gasteiger partial charge in [-0.1, -0.05) is 18.2 Å². The first kappa shape index (κ1) is 12.9. The van der Waals surface area contributed by atoms with Crippen LogP contribution in [0, 0.1) is 5.92 Å². The number of guanidine groups is 1. The van der Waals surface area contributed by atoms with Crippen molar-refractivity contribution in [1.82, 2.24) is 4.90 Å². The Morgan fingerprint density at radius 2 is 2.22 bits per heavy atom. The maximum Gasteiger partial charge on any atom is 0.193 e. The number of likely N-dealkylation sites (tertiary alicyclic amines) is 1. The lowest BCUT2D eigenvalue weighted by atomic mass is 9.99. The van der Waals surface area contributed by atoms with Crippen molar-refractivity contribution in [2.75, 3.05) is 32.0 Å². The van der Waals surface area contributed by atoms with Crippen LogP contribution in [0.15, 0.2) is 35.3 Å². The molecule has 0 aliphatic carbocycles. The monoisotopic (exact) mass is 246 g/mol. The lowest BCUT2D eigenvalue weighted by Gasteiger charge is -2.28. The van der Waals surface area contributed by atoms with E-state index in [1.807, 2.05) is 30.3 Å². The highest BCUT2D eigenvalue weighted by Crippen LogP contribution is 2.15. The minimum Gasteiger partial charge on any atom is -0.370 e. The molecule has 1 unspecified atom stereocenters. The molecule has 1 aliphatic rings. The first-order chi connectivity index (χ1) is 8.74. The molecule has 0 amide bonds. The molecular formula is C14H22N4. The summed E-state index contributed by atoms with van der Waals surface area (Å²) in [6, 6.07) is 9.90. The molecule has 98 valence electrons. The van der Waals surface area contributed by atoms with Gasteiger partial charge in [0, 0.05) is 18.8 Å². The third kappa shape index (κ3) is 4.04. The second-order valence-corrected chi connectivity index (χ2v) is 4.99. The predicted octanol–water partition coefficient (Wildman–Crippen LogP) is 1.75. The minimum absolute atomic E-state index is 0.509. The van der Waals surface area contributed by atoms with E-state index >= 15 is 0 Å². The molecule has 1 fully saturated rings. The van der Waals surface area contributed by atoms with Crippen LogP contribution in [0.2, 0.25) is 0 Å². The Morgan fingerprint density at radius 3 is 2.94 bits per heavy atom. The van der Waals surface area contributed by atoms with E-state index in [1.165, 1.54) is 19.4 Å². The third-order valence-corrected chi connectivity index (χ3v) is 3.29. The van der Waals surface area contributed by atoms with Gasteiger partial charge in [0.25, 0.3) is 0 Å². The Balaban J connectivity index is 1.81. The Hall–Kier alpha value is -1.55. The number of nitrogens with zero attached hydrogens (tertiary/aromatic N) is 2. The summed E-state index contributed by atoms with van der Waals surface area (Å²) in [7, 11) is 2.17. The number of hydrogen-bond donors (Lipinski definition) is 2. The maximum atomic E-state index is 5.88. The van der Waals surface area contributed by atoms with Gasteiger partial charge >= 0.3 is 0 Å². The van der Waals surface area contributed by atoms with Crippen molar-refractivity contribution >= 4 is 11.6 Å². The average Bonchev–Trinajstić information content (AvgIpc) is 2.38. The third-order valence-electron chi connectivity index (χ3n) is 3.29. The fourth-order valence-corrected chi connectivity index (χ4v) is 2.36. The van der Waals surface area contributed by atoms with E-state index in [0.717, 1.165) is 18.8 Å². The van der Waals surface area contributed by atoms with Crippen LogP contribution in [0.5, 0.6) is 0 Å². The van der Waals surface area contributed by atoms with Crippen molar-refractivity contribution in [3.05, 3.63) is 30.3 Å². The molecule has 0 radical (unpaired) electrons. The Bertz CT molecular complexity index is 388. The normalized spacial score (nSPS) is 21.8. The van der Waals surface area contributed by atoms with E-state index in [4.69, 9.17) is 5.73 Å². The number of para-hydroxylation sites is 1. The first-order valence-corrected chi connectivity index (χ1v) is 6.54. The van der Waals surface area contributed by atoms with E-state index in [2.05, 4.69) is 22.3 Å². The molecule has 1 aliphatic heterocycles. The van der Waals surface area contributed by atoms with E-state index in [1.54, 1.807) is 0 Å². The Morgan fingerprint density at radius 1 is 1.44 bits per heavy atom. The molecule has 4 heteroatoms. The predicted molar refractivity (Wildman–Crippen MR) is 76.8 cm³/mol. The first-order valence-electron chi connectivity index (χ1n) is 6.54. The van der Waals surface area contributed by atoms with Gasteiger partial charge in [0.2, 0.25) is 0 Å². The molecule has 0 aromatic heterocycles. The second-order valence-electron chi connectivity index (χ2n) is 4.99. The molecule has 0 saturated carbocycles. The van der Waals surface area contributed by atoms with Crippen molar-refractivity contribution < 1.29 is 0 Å². The average molecular weight is 246 g/mol. The number of hydrogen-bond acceptors (Lipinski definition) is 2. The highest BCUT2D eigenvalue weighted by molar-refractivity contribution is 5.92. The number of piperidine rings is 1. The van der Waals surface area contributed by atoms with E-state index in [9.17, 15) is 0 Å². The van der Waals surface area contributed by atoms with Crippen LogP contribution in [-0.2, 0) is 0 Å². The van der Waals surface area contributed by atoms with Gasteiger partial charge < -0.3 is 16.0 Å². The Labute approximate surface area is 109 Å². The molecule has 0 bridgehead atoms.